The van der Waals surface area contributed by atoms with Crippen LogP contribution >= 0.6 is 0 Å². The van der Waals surface area contributed by atoms with Crippen LogP contribution in [0.3, 0.4) is 0 Å². The number of benzene rings is 1. The zero-order valence-corrected chi connectivity index (χ0v) is 17.8. The molecule has 162 valence electrons. The van der Waals surface area contributed by atoms with Gasteiger partial charge in [0.1, 0.15) is 6.26 Å². The normalized spacial score (nSPS) is 15.5. The Labute approximate surface area is 182 Å². The van der Waals surface area contributed by atoms with E-state index in [2.05, 4.69) is 61.6 Å². The number of nitrogens with one attached hydrogen (secondary N) is 1. The average Bonchev–Trinajstić information content (AvgIpc) is 3.43. The van der Waals surface area contributed by atoms with E-state index in [1.807, 2.05) is 19.3 Å². The van der Waals surface area contributed by atoms with Gasteiger partial charge < -0.3 is 9.73 Å². The van der Waals surface area contributed by atoms with Crippen molar-refractivity contribution < 1.29 is 9.21 Å². The van der Waals surface area contributed by atoms with E-state index in [1.165, 1.54) is 11.8 Å². The van der Waals surface area contributed by atoms with E-state index in [9.17, 15) is 4.79 Å². The number of aromatic nitrogens is 3. The molecule has 0 spiro atoms. The van der Waals surface area contributed by atoms with Gasteiger partial charge in [0.05, 0.1) is 12.7 Å². The zero-order chi connectivity index (χ0) is 21.5. The van der Waals surface area contributed by atoms with Crippen LogP contribution in [0.15, 0.2) is 59.5 Å². The second-order valence-electron chi connectivity index (χ2n) is 7.72. The fraction of sp³-hybridized carbons (Fsp3) is 0.348. The molecule has 3 aromatic rings. The fourth-order valence-corrected chi connectivity index (χ4v) is 3.55. The summed E-state index contributed by atoms with van der Waals surface area (Å²) in [6, 6.07) is 10.4. The molecule has 1 amide bonds. The SMILES string of the molecule is Cn1cc(CNC(=O)c2coc(CN3CCN(C/C=C/c4ccccc4)CC3)n2)cn1. The van der Waals surface area contributed by atoms with E-state index in [0.29, 0.717) is 24.7 Å². The molecule has 8 nitrogen and oxygen atoms in total. The van der Waals surface area contributed by atoms with Crippen molar-refractivity contribution >= 4 is 12.0 Å². The molecule has 0 aliphatic carbocycles. The molecule has 0 radical (unpaired) electrons. The van der Waals surface area contributed by atoms with Crippen molar-refractivity contribution in [3.05, 3.63) is 77.8 Å². The molecular formula is C23H28N6O2. The largest absolute Gasteiger partial charge is 0.447 e. The van der Waals surface area contributed by atoms with Gasteiger partial charge in [0.15, 0.2) is 5.69 Å². The predicted octanol–water partition coefficient (Wildman–Crippen LogP) is 2.17. The molecule has 0 unspecified atom stereocenters. The number of piperazine rings is 1. The van der Waals surface area contributed by atoms with Gasteiger partial charge in [-0.15, -0.1) is 0 Å². The van der Waals surface area contributed by atoms with Crippen LogP contribution in [0.25, 0.3) is 6.08 Å². The van der Waals surface area contributed by atoms with E-state index in [0.717, 1.165) is 38.3 Å². The Balaban J connectivity index is 1.19. The smallest absolute Gasteiger partial charge is 0.273 e. The van der Waals surface area contributed by atoms with Crippen LogP contribution in [-0.2, 0) is 20.1 Å². The second-order valence-corrected chi connectivity index (χ2v) is 7.72. The van der Waals surface area contributed by atoms with Gasteiger partial charge in [-0.1, -0.05) is 42.5 Å². The average molecular weight is 421 g/mol. The first kappa shape index (κ1) is 21.0. The molecule has 4 rings (SSSR count). The number of hydrogen-bond donors (Lipinski definition) is 1. The number of nitrogens with zero attached hydrogens (tertiary/aromatic N) is 5. The maximum Gasteiger partial charge on any atom is 0.273 e. The topological polar surface area (TPSA) is 79.4 Å². The van der Waals surface area contributed by atoms with Crippen molar-refractivity contribution in [1.82, 2.24) is 29.9 Å². The fourth-order valence-electron chi connectivity index (χ4n) is 3.55. The third kappa shape index (κ3) is 6.13. The highest BCUT2D eigenvalue weighted by molar-refractivity contribution is 5.91. The summed E-state index contributed by atoms with van der Waals surface area (Å²) >= 11 is 0. The molecule has 0 atom stereocenters. The van der Waals surface area contributed by atoms with Crippen molar-refractivity contribution in [3.63, 3.8) is 0 Å². The maximum atomic E-state index is 12.3. The predicted molar refractivity (Wildman–Crippen MR) is 118 cm³/mol. The summed E-state index contributed by atoms with van der Waals surface area (Å²) in [5.41, 5.74) is 2.48. The van der Waals surface area contributed by atoms with Gasteiger partial charge in [-0.05, 0) is 5.56 Å². The van der Waals surface area contributed by atoms with Gasteiger partial charge in [-0.25, -0.2) is 4.98 Å². The summed E-state index contributed by atoms with van der Waals surface area (Å²) in [5.74, 6) is 0.331. The highest BCUT2D eigenvalue weighted by Gasteiger charge is 2.19. The first-order valence-electron chi connectivity index (χ1n) is 10.5. The molecule has 0 bridgehead atoms. The molecule has 2 aromatic heterocycles. The third-order valence-corrected chi connectivity index (χ3v) is 5.29. The molecule has 0 saturated carbocycles. The lowest BCUT2D eigenvalue weighted by atomic mass is 10.2. The van der Waals surface area contributed by atoms with Crippen LogP contribution in [0, 0.1) is 0 Å². The van der Waals surface area contributed by atoms with E-state index < -0.39 is 0 Å². The lowest BCUT2D eigenvalue weighted by molar-refractivity contribution is 0.0945. The van der Waals surface area contributed by atoms with Gasteiger partial charge in [-0.3, -0.25) is 19.3 Å². The number of hydrogen-bond acceptors (Lipinski definition) is 6. The zero-order valence-electron chi connectivity index (χ0n) is 17.8. The molecule has 1 saturated heterocycles. The van der Waals surface area contributed by atoms with E-state index >= 15 is 0 Å². The van der Waals surface area contributed by atoms with Gasteiger partial charge in [0.25, 0.3) is 5.91 Å². The summed E-state index contributed by atoms with van der Waals surface area (Å²) < 4.78 is 7.23. The van der Waals surface area contributed by atoms with Gasteiger partial charge in [-0.2, -0.15) is 5.10 Å². The van der Waals surface area contributed by atoms with Crippen molar-refractivity contribution in [2.24, 2.45) is 7.05 Å². The van der Waals surface area contributed by atoms with Gasteiger partial charge in [0.2, 0.25) is 5.89 Å². The van der Waals surface area contributed by atoms with Crippen molar-refractivity contribution in [2.75, 3.05) is 32.7 Å². The third-order valence-electron chi connectivity index (χ3n) is 5.29. The molecule has 8 heteroatoms. The summed E-state index contributed by atoms with van der Waals surface area (Å²) in [6.45, 7) is 5.87. The number of aryl methyl sites for hydroxylation is 1. The molecule has 1 fully saturated rings. The Hall–Kier alpha value is -3.23. The maximum absolute atomic E-state index is 12.3. The van der Waals surface area contributed by atoms with E-state index in [4.69, 9.17) is 4.42 Å². The standard InChI is InChI=1S/C23H28N6O2/c1-27-16-20(15-25-27)14-24-23(30)21-18-31-22(26-21)17-29-12-10-28(11-13-29)9-5-8-19-6-3-2-4-7-19/h2-8,15-16,18H,9-14,17H2,1H3,(H,24,30)/b8-5+. The number of amides is 1. The number of oxazole rings is 1. The monoisotopic (exact) mass is 420 g/mol. The Morgan fingerprint density at radius 2 is 1.94 bits per heavy atom. The molecule has 1 N–H and O–H groups in total. The number of carbonyl (C=O) groups excluding carboxylic acids is 1. The second kappa shape index (κ2) is 10.2. The van der Waals surface area contributed by atoms with Gasteiger partial charge in [0, 0.05) is 58.1 Å². The number of rotatable bonds is 8. The summed E-state index contributed by atoms with van der Waals surface area (Å²) in [7, 11) is 1.84. The van der Waals surface area contributed by atoms with Crippen LogP contribution in [0.4, 0.5) is 0 Å². The summed E-state index contributed by atoms with van der Waals surface area (Å²) in [5, 5.41) is 6.93. The summed E-state index contributed by atoms with van der Waals surface area (Å²) in [4.78, 5) is 21.4. The molecular weight excluding hydrogens is 392 g/mol. The Morgan fingerprint density at radius 1 is 1.16 bits per heavy atom. The minimum Gasteiger partial charge on any atom is -0.447 e. The number of carbonyl (C=O) groups is 1. The van der Waals surface area contributed by atoms with Crippen LogP contribution in [0.5, 0.6) is 0 Å². The molecule has 31 heavy (non-hydrogen) atoms. The summed E-state index contributed by atoms with van der Waals surface area (Å²) in [6.07, 6.45) is 9.41. The minimum absolute atomic E-state index is 0.242. The molecule has 1 aliphatic rings. The first-order valence-corrected chi connectivity index (χ1v) is 10.5. The van der Waals surface area contributed by atoms with Crippen LogP contribution < -0.4 is 5.32 Å². The Kier molecular flexibility index (Phi) is 6.91. The highest BCUT2D eigenvalue weighted by atomic mass is 16.3. The molecule has 3 heterocycles. The highest BCUT2D eigenvalue weighted by Crippen LogP contribution is 2.10. The van der Waals surface area contributed by atoms with Crippen molar-refractivity contribution in [2.45, 2.75) is 13.1 Å². The van der Waals surface area contributed by atoms with Gasteiger partial charge >= 0.3 is 0 Å². The Bertz CT molecular complexity index is 1000. The lowest BCUT2D eigenvalue weighted by Gasteiger charge is -2.33. The first-order chi connectivity index (χ1) is 15.2. The van der Waals surface area contributed by atoms with E-state index in [-0.39, 0.29) is 5.91 Å². The van der Waals surface area contributed by atoms with Crippen molar-refractivity contribution in [1.29, 1.82) is 0 Å². The van der Waals surface area contributed by atoms with E-state index in [1.54, 1.807) is 10.9 Å². The van der Waals surface area contributed by atoms with Crippen LogP contribution in [0.1, 0.15) is 27.5 Å². The quantitative estimate of drug-likeness (QED) is 0.602. The molecule has 1 aliphatic heterocycles. The van der Waals surface area contributed by atoms with Crippen molar-refractivity contribution in [3.8, 4) is 0 Å². The Morgan fingerprint density at radius 3 is 2.68 bits per heavy atom. The van der Waals surface area contributed by atoms with Crippen LogP contribution in [-0.4, -0.2) is 63.2 Å². The lowest BCUT2D eigenvalue weighted by Crippen LogP contribution is -2.45. The minimum atomic E-state index is -0.242. The molecule has 1 aromatic carbocycles. The van der Waals surface area contributed by atoms with Crippen LogP contribution in [0.2, 0.25) is 0 Å².